The molecule has 4 nitrogen and oxygen atoms in total. The Balaban J connectivity index is 1.72. The van der Waals surface area contributed by atoms with Gasteiger partial charge in [-0.1, -0.05) is 56.7 Å². The van der Waals surface area contributed by atoms with Gasteiger partial charge >= 0.3 is 0 Å². The highest BCUT2D eigenvalue weighted by Crippen LogP contribution is 2.37. The zero-order valence-electron chi connectivity index (χ0n) is 20.7. The largest absolute Gasteiger partial charge is 0.494 e. The maximum absolute atomic E-state index is 9.12. The first-order valence-corrected chi connectivity index (χ1v) is 12.8. The van der Waals surface area contributed by atoms with Crippen LogP contribution in [0.1, 0.15) is 80.9 Å². The average molecular weight is 465 g/mol. The van der Waals surface area contributed by atoms with Crippen molar-refractivity contribution in [3.8, 4) is 11.5 Å². The van der Waals surface area contributed by atoms with Crippen LogP contribution in [0.3, 0.4) is 0 Å². The fraction of sp³-hybridized carbons (Fsp3) is 0.467. The summed E-state index contributed by atoms with van der Waals surface area (Å²) < 4.78 is 11.7. The molecule has 2 aromatic rings. The number of ether oxygens (including phenoxy) is 2. The first-order valence-electron chi connectivity index (χ1n) is 12.8. The Morgan fingerprint density at radius 1 is 0.941 bits per heavy atom. The van der Waals surface area contributed by atoms with E-state index in [0.717, 1.165) is 37.2 Å². The Bertz CT molecular complexity index is 929. The van der Waals surface area contributed by atoms with Gasteiger partial charge in [0, 0.05) is 32.0 Å². The predicted molar refractivity (Wildman–Crippen MR) is 140 cm³/mol. The lowest BCUT2D eigenvalue weighted by molar-refractivity contribution is 0.231. The summed E-state index contributed by atoms with van der Waals surface area (Å²) in [5, 5.41) is 18.0. The van der Waals surface area contributed by atoms with Crippen molar-refractivity contribution in [3.05, 3.63) is 77.4 Å². The molecule has 1 aliphatic carbocycles. The number of benzene rings is 2. The first kappa shape index (κ1) is 26.1. The van der Waals surface area contributed by atoms with Gasteiger partial charge in [-0.05, 0) is 71.7 Å². The van der Waals surface area contributed by atoms with Gasteiger partial charge in [-0.3, -0.25) is 0 Å². The molecule has 0 aliphatic heterocycles. The lowest BCUT2D eigenvalue weighted by Gasteiger charge is -2.22. The topological polar surface area (TPSA) is 58.9 Å². The molecule has 0 radical (unpaired) electrons. The second-order valence-corrected chi connectivity index (χ2v) is 8.93. The summed E-state index contributed by atoms with van der Waals surface area (Å²) in [6.45, 7) is 5.86. The van der Waals surface area contributed by atoms with Crippen molar-refractivity contribution in [3.63, 3.8) is 0 Å². The maximum Gasteiger partial charge on any atom is 0.122 e. The van der Waals surface area contributed by atoms with E-state index in [1.165, 1.54) is 22.3 Å². The molecule has 34 heavy (non-hydrogen) atoms. The summed E-state index contributed by atoms with van der Waals surface area (Å²) in [5.41, 5.74) is 5.06. The van der Waals surface area contributed by atoms with Gasteiger partial charge in [0.2, 0.25) is 0 Å². The highest BCUT2D eigenvalue weighted by Gasteiger charge is 2.18. The van der Waals surface area contributed by atoms with Crippen LogP contribution >= 0.6 is 0 Å². The predicted octanol–water partition coefficient (Wildman–Crippen LogP) is 6.63. The lowest BCUT2D eigenvalue weighted by atomic mass is 9.86. The number of aliphatic hydroxyl groups excluding tert-OH is 2. The molecular weight excluding hydrogens is 424 g/mol. The van der Waals surface area contributed by atoms with Crippen molar-refractivity contribution in [2.75, 3.05) is 26.4 Å². The molecule has 2 aromatic carbocycles. The minimum Gasteiger partial charge on any atom is -0.494 e. The second kappa shape index (κ2) is 14.0. The third kappa shape index (κ3) is 7.22. The molecule has 0 heterocycles. The van der Waals surface area contributed by atoms with E-state index in [9.17, 15) is 0 Å². The monoisotopic (exact) mass is 464 g/mol. The molecule has 184 valence electrons. The number of hydrogen-bond donors (Lipinski definition) is 2. The summed E-state index contributed by atoms with van der Waals surface area (Å²) in [7, 11) is 0. The molecule has 2 atom stereocenters. The molecule has 0 bridgehead atoms. The molecule has 1 aliphatic rings. The maximum atomic E-state index is 9.12. The summed E-state index contributed by atoms with van der Waals surface area (Å²) in [6.07, 6.45) is 12.5. The highest BCUT2D eigenvalue weighted by atomic mass is 16.5. The zero-order chi connectivity index (χ0) is 24.2. The van der Waals surface area contributed by atoms with Crippen molar-refractivity contribution < 1.29 is 19.7 Å². The Morgan fingerprint density at radius 2 is 1.68 bits per heavy atom. The van der Waals surface area contributed by atoms with Gasteiger partial charge in [0.15, 0.2) is 0 Å². The van der Waals surface area contributed by atoms with E-state index in [1.54, 1.807) is 0 Å². The van der Waals surface area contributed by atoms with Crippen molar-refractivity contribution in [2.45, 2.75) is 64.2 Å². The molecule has 0 saturated carbocycles. The minimum atomic E-state index is 0.151. The molecule has 0 aromatic heterocycles. The van der Waals surface area contributed by atoms with E-state index in [4.69, 9.17) is 19.7 Å². The number of aliphatic hydroxyl groups is 2. The number of hydrogen-bond acceptors (Lipinski definition) is 4. The Labute approximate surface area is 204 Å². The second-order valence-electron chi connectivity index (χ2n) is 8.93. The standard InChI is InChI=1S/C30H40O4/c1-3-7-23(4-2)29-22-27(14-17-30(29)34-21-6-19-32)26-10-8-24(9-11-26)25-12-15-28(16-13-25)33-20-5-18-31/h8,10-17,22-24,31-32H,3-7,9,18-21H2,1-2H3. The van der Waals surface area contributed by atoms with Crippen LogP contribution in [-0.4, -0.2) is 36.6 Å². The van der Waals surface area contributed by atoms with Gasteiger partial charge in [0.25, 0.3) is 0 Å². The molecule has 0 amide bonds. The Morgan fingerprint density at radius 3 is 2.29 bits per heavy atom. The zero-order valence-corrected chi connectivity index (χ0v) is 20.7. The molecule has 0 saturated heterocycles. The fourth-order valence-corrected chi connectivity index (χ4v) is 4.50. The summed E-state index contributed by atoms with van der Waals surface area (Å²) in [5.74, 6) is 2.64. The summed E-state index contributed by atoms with van der Waals surface area (Å²) in [6, 6.07) is 14.9. The molecule has 2 unspecified atom stereocenters. The van der Waals surface area contributed by atoms with Crippen molar-refractivity contribution >= 4 is 5.57 Å². The molecular formula is C30H40O4. The highest BCUT2D eigenvalue weighted by molar-refractivity contribution is 5.76. The van der Waals surface area contributed by atoms with E-state index in [1.807, 2.05) is 12.1 Å². The van der Waals surface area contributed by atoms with Crippen molar-refractivity contribution in [1.82, 2.24) is 0 Å². The van der Waals surface area contributed by atoms with Gasteiger partial charge in [0.05, 0.1) is 13.2 Å². The van der Waals surface area contributed by atoms with E-state index < -0.39 is 0 Å². The lowest BCUT2D eigenvalue weighted by Crippen LogP contribution is -2.06. The van der Waals surface area contributed by atoms with Crippen molar-refractivity contribution in [2.24, 2.45) is 0 Å². The van der Waals surface area contributed by atoms with Gasteiger partial charge in [-0.25, -0.2) is 0 Å². The molecule has 3 rings (SSSR count). The third-order valence-electron chi connectivity index (χ3n) is 6.45. The van der Waals surface area contributed by atoms with Gasteiger partial charge in [-0.2, -0.15) is 0 Å². The molecule has 0 fully saturated rings. The Kier molecular flexibility index (Phi) is 10.7. The van der Waals surface area contributed by atoms with Gasteiger partial charge < -0.3 is 19.7 Å². The molecule has 2 N–H and O–H groups in total. The third-order valence-corrected chi connectivity index (χ3v) is 6.45. The number of rotatable bonds is 14. The number of allylic oxidation sites excluding steroid dienone is 4. The van der Waals surface area contributed by atoms with Gasteiger partial charge in [-0.15, -0.1) is 0 Å². The van der Waals surface area contributed by atoms with Crippen LogP contribution in [0.4, 0.5) is 0 Å². The quantitative estimate of drug-likeness (QED) is 0.308. The molecule has 4 heteroatoms. The smallest absolute Gasteiger partial charge is 0.122 e. The van der Waals surface area contributed by atoms with E-state index in [2.05, 4.69) is 62.4 Å². The van der Waals surface area contributed by atoms with Crippen LogP contribution in [0, 0.1) is 0 Å². The van der Waals surface area contributed by atoms with E-state index >= 15 is 0 Å². The van der Waals surface area contributed by atoms with Crippen LogP contribution in [0.25, 0.3) is 5.57 Å². The summed E-state index contributed by atoms with van der Waals surface area (Å²) >= 11 is 0. The summed E-state index contributed by atoms with van der Waals surface area (Å²) in [4.78, 5) is 0. The van der Waals surface area contributed by atoms with E-state index in [-0.39, 0.29) is 13.2 Å². The average Bonchev–Trinajstić information content (AvgIpc) is 2.88. The van der Waals surface area contributed by atoms with Gasteiger partial charge in [0.1, 0.15) is 11.5 Å². The van der Waals surface area contributed by atoms with Crippen molar-refractivity contribution in [1.29, 1.82) is 0 Å². The van der Waals surface area contributed by atoms with Crippen LogP contribution in [0.5, 0.6) is 11.5 Å². The first-order chi connectivity index (χ1) is 16.7. The fourth-order valence-electron chi connectivity index (χ4n) is 4.50. The van der Waals surface area contributed by atoms with E-state index in [0.29, 0.717) is 37.9 Å². The van der Waals surface area contributed by atoms with Crippen LogP contribution in [-0.2, 0) is 0 Å². The van der Waals surface area contributed by atoms with Crippen LogP contribution in [0.2, 0.25) is 0 Å². The van der Waals surface area contributed by atoms with Crippen LogP contribution in [0.15, 0.2) is 60.7 Å². The molecule has 0 spiro atoms. The van der Waals surface area contributed by atoms with Crippen LogP contribution < -0.4 is 9.47 Å². The minimum absolute atomic E-state index is 0.151. The normalized spacial score (nSPS) is 16.2. The Hall–Kier alpha value is -2.56. The SMILES string of the molecule is CCCC(CC)c1cc(C2=CCC(c3ccc(OCCCO)cc3)C=C2)ccc1OCCCO.